The molecule has 3 aromatic rings. The van der Waals surface area contributed by atoms with Crippen molar-refractivity contribution < 1.29 is 23.5 Å². The fourth-order valence-corrected chi connectivity index (χ4v) is 2.40. The summed E-state index contributed by atoms with van der Waals surface area (Å²) < 4.78 is 21.4. The molecule has 7 nitrogen and oxygen atoms in total. The third-order valence-corrected chi connectivity index (χ3v) is 3.80. The molecule has 0 amide bonds. The van der Waals surface area contributed by atoms with E-state index in [-0.39, 0.29) is 12.5 Å². The minimum atomic E-state index is -0.520. The maximum Gasteiger partial charge on any atom is 0.338 e. The van der Waals surface area contributed by atoms with Crippen LogP contribution in [0.5, 0.6) is 11.5 Å². The Balaban J connectivity index is 1.62. The van der Waals surface area contributed by atoms with E-state index >= 15 is 0 Å². The van der Waals surface area contributed by atoms with Crippen molar-refractivity contribution >= 4 is 5.97 Å². The molecule has 3 rings (SSSR count). The van der Waals surface area contributed by atoms with E-state index in [1.807, 2.05) is 30.3 Å². The van der Waals surface area contributed by atoms with Gasteiger partial charge in [0.15, 0.2) is 18.1 Å². The van der Waals surface area contributed by atoms with Crippen LogP contribution >= 0.6 is 0 Å². The number of nitrogens with zero attached hydrogens (tertiary/aromatic N) is 2. The van der Waals surface area contributed by atoms with Crippen LogP contribution in [0.2, 0.25) is 0 Å². The summed E-state index contributed by atoms with van der Waals surface area (Å²) in [6.45, 7) is 4.55. The lowest BCUT2D eigenvalue weighted by atomic mass is 10.2. The molecule has 0 spiro atoms. The average molecular weight is 382 g/mol. The summed E-state index contributed by atoms with van der Waals surface area (Å²) in [5.41, 5.74) is 1.17. The van der Waals surface area contributed by atoms with Gasteiger partial charge in [0.2, 0.25) is 5.82 Å². The predicted octanol–water partition coefficient (Wildman–Crippen LogP) is 4.14. The highest BCUT2D eigenvalue weighted by Gasteiger charge is 2.15. The fourth-order valence-electron chi connectivity index (χ4n) is 2.40. The molecule has 0 aliphatic carbocycles. The highest BCUT2D eigenvalue weighted by Crippen LogP contribution is 2.29. The molecule has 7 heteroatoms. The number of rotatable bonds is 8. The minimum absolute atomic E-state index is 0.118. The lowest BCUT2D eigenvalue weighted by molar-refractivity contribution is 0.0429. The molecule has 0 unspecified atom stereocenters. The molecular formula is C21H22N2O5. The number of hydrogen-bond donors (Lipinski definition) is 0. The van der Waals surface area contributed by atoms with Gasteiger partial charge in [0, 0.05) is 5.56 Å². The van der Waals surface area contributed by atoms with Crippen molar-refractivity contribution in [1.29, 1.82) is 0 Å². The fraction of sp³-hybridized carbons (Fsp3) is 0.286. The van der Waals surface area contributed by atoms with Gasteiger partial charge in [0.05, 0.1) is 19.3 Å². The molecule has 0 fully saturated rings. The van der Waals surface area contributed by atoms with E-state index in [2.05, 4.69) is 24.0 Å². The van der Waals surface area contributed by atoms with Crippen LogP contribution in [0.25, 0.3) is 11.4 Å². The summed E-state index contributed by atoms with van der Waals surface area (Å²) in [6.07, 6.45) is 0. The van der Waals surface area contributed by atoms with Crippen molar-refractivity contribution in [2.75, 3.05) is 13.7 Å². The first-order chi connectivity index (χ1) is 13.6. The molecule has 0 aliphatic heterocycles. The molecule has 0 N–H and O–H groups in total. The third kappa shape index (κ3) is 4.88. The summed E-state index contributed by atoms with van der Waals surface area (Å²) in [7, 11) is 1.52. The molecule has 0 saturated heterocycles. The zero-order valence-corrected chi connectivity index (χ0v) is 16.0. The molecule has 1 aromatic heterocycles. The molecule has 28 heavy (non-hydrogen) atoms. The monoisotopic (exact) mass is 382 g/mol. The topological polar surface area (TPSA) is 83.7 Å². The lowest BCUT2D eigenvalue weighted by Crippen LogP contribution is -2.08. The number of esters is 1. The van der Waals surface area contributed by atoms with Gasteiger partial charge in [-0.05, 0) is 24.1 Å². The molecular weight excluding hydrogens is 360 g/mol. The van der Waals surface area contributed by atoms with Gasteiger partial charge in [0.1, 0.15) is 0 Å². The Hall–Kier alpha value is -3.35. The molecule has 2 aromatic carbocycles. The lowest BCUT2D eigenvalue weighted by Gasteiger charge is -2.13. The van der Waals surface area contributed by atoms with Crippen LogP contribution in [0.1, 0.15) is 30.1 Å². The van der Waals surface area contributed by atoms with Gasteiger partial charge in [-0.25, -0.2) is 4.79 Å². The predicted molar refractivity (Wildman–Crippen MR) is 102 cm³/mol. The zero-order valence-electron chi connectivity index (χ0n) is 16.0. The Kier molecular flexibility index (Phi) is 6.26. The molecule has 0 saturated carbocycles. The van der Waals surface area contributed by atoms with Crippen LogP contribution in [0.4, 0.5) is 0 Å². The Bertz CT molecular complexity index is 922. The first-order valence-electron chi connectivity index (χ1n) is 8.92. The van der Waals surface area contributed by atoms with Gasteiger partial charge >= 0.3 is 5.97 Å². The van der Waals surface area contributed by atoms with Crippen LogP contribution in [-0.4, -0.2) is 29.8 Å². The highest BCUT2D eigenvalue weighted by atomic mass is 16.6. The number of hydrogen-bond acceptors (Lipinski definition) is 7. The third-order valence-electron chi connectivity index (χ3n) is 3.80. The summed E-state index contributed by atoms with van der Waals surface area (Å²) in [6, 6.07) is 14.3. The molecule has 1 heterocycles. The number of benzene rings is 2. The van der Waals surface area contributed by atoms with Crippen LogP contribution in [-0.2, 0) is 11.3 Å². The van der Waals surface area contributed by atoms with Crippen molar-refractivity contribution in [2.45, 2.75) is 20.5 Å². The second-order valence-electron chi connectivity index (χ2n) is 6.52. The number of methoxy groups -OCH3 is 1. The van der Waals surface area contributed by atoms with Crippen molar-refractivity contribution in [3.63, 3.8) is 0 Å². The summed E-state index contributed by atoms with van der Waals surface area (Å²) in [5.74, 6) is 1.57. The van der Waals surface area contributed by atoms with Crippen molar-refractivity contribution in [3.8, 4) is 22.9 Å². The van der Waals surface area contributed by atoms with Gasteiger partial charge in [-0.3, -0.25) is 0 Å². The van der Waals surface area contributed by atoms with Crippen molar-refractivity contribution in [2.24, 2.45) is 5.92 Å². The van der Waals surface area contributed by atoms with E-state index in [4.69, 9.17) is 18.7 Å². The Labute approximate surface area is 163 Å². The number of ether oxygens (including phenoxy) is 3. The average Bonchev–Trinajstić information content (AvgIpc) is 3.20. The minimum Gasteiger partial charge on any atom is -0.493 e. The zero-order chi connectivity index (χ0) is 19.9. The summed E-state index contributed by atoms with van der Waals surface area (Å²) in [5, 5.41) is 3.90. The Morgan fingerprint density at radius 3 is 2.61 bits per heavy atom. The van der Waals surface area contributed by atoms with Crippen LogP contribution in [0.15, 0.2) is 53.1 Å². The van der Waals surface area contributed by atoms with E-state index in [0.29, 0.717) is 35.4 Å². The van der Waals surface area contributed by atoms with E-state index < -0.39 is 5.97 Å². The molecule has 0 bridgehead atoms. The van der Waals surface area contributed by atoms with E-state index in [0.717, 1.165) is 5.56 Å². The maximum absolute atomic E-state index is 12.3. The van der Waals surface area contributed by atoms with Gasteiger partial charge in [-0.15, -0.1) is 0 Å². The first kappa shape index (κ1) is 19.4. The van der Waals surface area contributed by atoms with Gasteiger partial charge in [0.25, 0.3) is 5.89 Å². The number of carbonyl (C=O) groups is 1. The van der Waals surface area contributed by atoms with E-state index in [1.165, 1.54) is 7.11 Å². The highest BCUT2D eigenvalue weighted by molar-refractivity contribution is 5.90. The first-order valence-corrected chi connectivity index (χ1v) is 8.92. The van der Waals surface area contributed by atoms with E-state index in [9.17, 15) is 4.79 Å². The SMILES string of the molecule is COc1cc(C(=O)OCc2nc(-c3ccccc3)no2)ccc1OCC(C)C. The van der Waals surface area contributed by atoms with Gasteiger partial charge in [-0.2, -0.15) is 4.98 Å². The quantitative estimate of drug-likeness (QED) is 0.541. The molecule has 0 aliphatic rings. The van der Waals surface area contributed by atoms with Gasteiger partial charge in [-0.1, -0.05) is 49.3 Å². The summed E-state index contributed by atoms with van der Waals surface area (Å²) in [4.78, 5) is 16.6. The van der Waals surface area contributed by atoms with Crippen molar-refractivity contribution in [3.05, 3.63) is 60.0 Å². The standard InChI is InChI=1S/C21H22N2O5/c1-14(2)12-26-17-10-9-16(11-18(17)25-3)21(24)27-13-19-22-20(23-28-19)15-7-5-4-6-8-15/h4-11,14H,12-13H2,1-3H3. The normalized spacial score (nSPS) is 10.7. The molecule has 0 radical (unpaired) electrons. The smallest absolute Gasteiger partial charge is 0.338 e. The molecule has 0 atom stereocenters. The molecule has 146 valence electrons. The van der Waals surface area contributed by atoms with Crippen molar-refractivity contribution in [1.82, 2.24) is 10.1 Å². The van der Waals surface area contributed by atoms with Gasteiger partial charge < -0.3 is 18.7 Å². The Morgan fingerprint density at radius 2 is 1.89 bits per heavy atom. The second-order valence-corrected chi connectivity index (χ2v) is 6.52. The van der Waals surface area contributed by atoms with Crippen LogP contribution < -0.4 is 9.47 Å². The summed E-state index contributed by atoms with van der Waals surface area (Å²) >= 11 is 0. The van der Waals surface area contributed by atoms with E-state index in [1.54, 1.807) is 18.2 Å². The Morgan fingerprint density at radius 1 is 1.11 bits per heavy atom. The number of aromatic nitrogens is 2. The maximum atomic E-state index is 12.3. The number of carbonyl (C=O) groups excluding carboxylic acids is 1. The largest absolute Gasteiger partial charge is 0.493 e. The second kappa shape index (κ2) is 9.03. The van der Waals surface area contributed by atoms with Crippen LogP contribution in [0, 0.1) is 5.92 Å². The van der Waals surface area contributed by atoms with Crippen LogP contribution in [0.3, 0.4) is 0 Å².